The summed E-state index contributed by atoms with van der Waals surface area (Å²) in [5.41, 5.74) is 6.60. The summed E-state index contributed by atoms with van der Waals surface area (Å²) in [5, 5.41) is 0.948. The fraction of sp³-hybridized carbons (Fsp3) is 0.364. The highest BCUT2D eigenvalue weighted by Gasteiger charge is 2.11. The maximum atomic E-state index is 5.54. The summed E-state index contributed by atoms with van der Waals surface area (Å²) in [7, 11) is 0. The van der Waals surface area contributed by atoms with Crippen LogP contribution in [-0.4, -0.2) is 11.5 Å². The molecule has 0 aliphatic heterocycles. The lowest BCUT2D eigenvalue weighted by molar-refractivity contribution is 0.548. The Balaban J connectivity index is 2.33. The molecule has 0 radical (unpaired) electrons. The maximum absolute atomic E-state index is 5.54. The molecule has 0 bridgehead atoms. The van der Waals surface area contributed by atoms with E-state index < -0.39 is 0 Å². The van der Waals surface area contributed by atoms with Crippen molar-refractivity contribution in [3.05, 3.63) is 28.5 Å². The minimum absolute atomic E-state index is 0.666. The van der Waals surface area contributed by atoms with Crippen molar-refractivity contribution in [2.75, 3.05) is 6.54 Å². The van der Waals surface area contributed by atoms with Crippen LogP contribution < -0.4 is 5.73 Å². The smallest absolute Gasteiger partial charge is 0.162 e. The monoisotopic (exact) mass is 222 g/mol. The van der Waals surface area contributed by atoms with E-state index in [0.717, 1.165) is 28.6 Å². The number of furan rings is 1. The van der Waals surface area contributed by atoms with Gasteiger partial charge in [-0.15, -0.1) is 11.3 Å². The Kier molecular flexibility index (Phi) is 2.88. The van der Waals surface area contributed by atoms with Gasteiger partial charge in [-0.1, -0.05) is 0 Å². The van der Waals surface area contributed by atoms with Crippen LogP contribution in [0.5, 0.6) is 0 Å². The van der Waals surface area contributed by atoms with Gasteiger partial charge in [0.25, 0.3) is 0 Å². The summed E-state index contributed by atoms with van der Waals surface area (Å²) >= 11 is 1.67. The maximum Gasteiger partial charge on any atom is 0.162 e. The van der Waals surface area contributed by atoms with Gasteiger partial charge in [0.1, 0.15) is 5.76 Å². The van der Waals surface area contributed by atoms with E-state index in [-0.39, 0.29) is 0 Å². The molecule has 2 heterocycles. The van der Waals surface area contributed by atoms with Crippen molar-refractivity contribution < 1.29 is 4.42 Å². The van der Waals surface area contributed by atoms with E-state index in [4.69, 9.17) is 10.2 Å². The lowest BCUT2D eigenvalue weighted by Crippen LogP contribution is -2.01. The molecule has 0 aliphatic carbocycles. The second-order valence-electron chi connectivity index (χ2n) is 3.48. The van der Waals surface area contributed by atoms with Gasteiger partial charge in [0.05, 0.1) is 5.69 Å². The molecule has 15 heavy (non-hydrogen) atoms. The summed E-state index contributed by atoms with van der Waals surface area (Å²) in [5.74, 6) is 1.77. The van der Waals surface area contributed by atoms with E-state index in [2.05, 4.69) is 4.98 Å². The number of thiazole rings is 1. The van der Waals surface area contributed by atoms with E-state index in [1.165, 1.54) is 4.88 Å². The Labute approximate surface area is 92.9 Å². The summed E-state index contributed by atoms with van der Waals surface area (Å²) in [6, 6.07) is 3.91. The summed E-state index contributed by atoms with van der Waals surface area (Å²) in [6.07, 6.45) is 0.892. The molecule has 2 aromatic heterocycles. The van der Waals surface area contributed by atoms with E-state index in [1.807, 2.05) is 26.0 Å². The van der Waals surface area contributed by atoms with Crippen molar-refractivity contribution in [3.63, 3.8) is 0 Å². The molecule has 2 aromatic rings. The Bertz CT molecular complexity index is 459. The molecular weight excluding hydrogens is 208 g/mol. The zero-order chi connectivity index (χ0) is 10.8. The van der Waals surface area contributed by atoms with Crippen LogP contribution in [-0.2, 0) is 6.42 Å². The first-order valence-corrected chi connectivity index (χ1v) is 5.75. The first-order valence-electron chi connectivity index (χ1n) is 4.94. The van der Waals surface area contributed by atoms with Crippen molar-refractivity contribution >= 4 is 11.3 Å². The van der Waals surface area contributed by atoms with Gasteiger partial charge in [0.15, 0.2) is 10.8 Å². The van der Waals surface area contributed by atoms with Gasteiger partial charge in [-0.2, -0.15) is 0 Å². The second-order valence-corrected chi connectivity index (χ2v) is 4.56. The molecule has 0 aromatic carbocycles. The quantitative estimate of drug-likeness (QED) is 0.868. The van der Waals surface area contributed by atoms with Crippen LogP contribution in [0.3, 0.4) is 0 Å². The van der Waals surface area contributed by atoms with Crippen LogP contribution in [0.1, 0.15) is 16.3 Å². The SMILES string of the molecule is Cc1ccc(-c2nc(C)c(CCN)s2)o1. The van der Waals surface area contributed by atoms with Gasteiger partial charge in [-0.05, 0) is 38.9 Å². The molecule has 80 valence electrons. The Morgan fingerprint density at radius 2 is 2.20 bits per heavy atom. The van der Waals surface area contributed by atoms with Crippen LogP contribution in [0.25, 0.3) is 10.8 Å². The largest absolute Gasteiger partial charge is 0.459 e. The van der Waals surface area contributed by atoms with E-state index >= 15 is 0 Å². The molecule has 0 aliphatic rings. The first-order chi connectivity index (χ1) is 7.20. The van der Waals surface area contributed by atoms with Crippen molar-refractivity contribution in [1.82, 2.24) is 4.98 Å². The highest BCUT2D eigenvalue weighted by Crippen LogP contribution is 2.29. The van der Waals surface area contributed by atoms with Crippen molar-refractivity contribution in [1.29, 1.82) is 0 Å². The zero-order valence-corrected chi connectivity index (χ0v) is 9.73. The highest BCUT2D eigenvalue weighted by atomic mass is 32.1. The van der Waals surface area contributed by atoms with Crippen LogP contribution >= 0.6 is 11.3 Å². The zero-order valence-electron chi connectivity index (χ0n) is 8.91. The predicted octanol–water partition coefficient (Wildman–Crippen LogP) is 2.52. The molecule has 0 atom stereocenters. The second kappa shape index (κ2) is 4.16. The average Bonchev–Trinajstić information content (AvgIpc) is 2.75. The molecule has 0 saturated carbocycles. The van der Waals surface area contributed by atoms with Crippen molar-refractivity contribution in [3.8, 4) is 10.8 Å². The number of aryl methyl sites for hydroxylation is 2. The minimum Gasteiger partial charge on any atom is -0.459 e. The topological polar surface area (TPSA) is 52.0 Å². The number of aromatic nitrogens is 1. The minimum atomic E-state index is 0.666. The third kappa shape index (κ3) is 2.11. The van der Waals surface area contributed by atoms with Crippen LogP contribution in [0.15, 0.2) is 16.5 Å². The van der Waals surface area contributed by atoms with E-state index in [9.17, 15) is 0 Å². The molecule has 0 amide bonds. The average molecular weight is 222 g/mol. The number of rotatable bonds is 3. The third-order valence-corrected chi connectivity index (χ3v) is 3.45. The van der Waals surface area contributed by atoms with Crippen molar-refractivity contribution in [2.45, 2.75) is 20.3 Å². The van der Waals surface area contributed by atoms with Gasteiger partial charge in [-0.25, -0.2) is 4.98 Å². The van der Waals surface area contributed by atoms with Crippen LogP contribution in [0, 0.1) is 13.8 Å². The lowest BCUT2D eigenvalue weighted by Gasteiger charge is -1.90. The molecule has 4 heteroatoms. The molecular formula is C11H14N2OS. The van der Waals surface area contributed by atoms with E-state index in [0.29, 0.717) is 6.54 Å². The van der Waals surface area contributed by atoms with E-state index in [1.54, 1.807) is 11.3 Å². The summed E-state index contributed by atoms with van der Waals surface area (Å²) in [4.78, 5) is 5.73. The summed E-state index contributed by atoms with van der Waals surface area (Å²) in [6.45, 7) is 4.62. The van der Waals surface area contributed by atoms with Gasteiger partial charge < -0.3 is 10.2 Å². The molecule has 0 saturated heterocycles. The molecule has 3 nitrogen and oxygen atoms in total. The number of nitrogens with zero attached hydrogens (tertiary/aromatic N) is 1. The van der Waals surface area contributed by atoms with Gasteiger partial charge in [-0.3, -0.25) is 0 Å². The first kappa shape index (κ1) is 10.4. The molecule has 0 spiro atoms. The van der Waals surface area contributed by atoms with Crippen LogP contribution in [0.2, 0.25) is 0 Å². The van der Waals surface area contributed by atoms with Gasteiger partial charge in [0.2, 0.25) is 0 Å². The molecule has 0 unspecified atom stereocenters. The standard InChI is InChI=1S/C11H14N2OS/c1-7-3-4-9(14-7)11-13-8(2)10(15-11)5-6-12/h3-4H,5-6,12H2,1-2H3. The fourth-order valence-electron chi connectivity index (χ4n) is 1.45. The van der Waals surface area contributed by atoms with Crippen molar-refractivity contribution in [2.24, 2.45) is 5.73 Å². The number of hydrogen-bond donors (Lipinski definition) is 1. The number of hydrogen-bond acceptors (Lipinski definition) is 4. The normalized spacial score (nSPS) is 10.9. The predicted molar refractivity (Wildman–Crippen MR) is 62.0 cm³/mol. The Morgan fingerprint density at radius 1 is 1.40 bits per heavy atom. The molecule has 0 fully saturated rings. The number of nitrogens with two attached hydrogens (primary N) is 1. The van der Waals surface area contributed by atoms with Crippen LogP contribution in [0.4, 0.5) is 0 Å². The highest BCUT2D eigenvalue weighted by molar-refractivity contribution is 7.15. The lowest BCUT2D eigenvalue weighted by atomic mass is 10.3. The van der Waals surface area contributed by atoms with Gasteiger partial charge in [0, 0.05) is 4.88 Å². The van der Waals surface area contributed by atoms with Gasteiger partial charge >= 0.3 is 0 Å². The fourth-order valence-corrected chi connectivity index (χ4v) is 2.49. The molecule has 2 N–H and O–H groups in total. The Hall–Kier alpha value is -1.13. The summed E-state index contributed by atoms with van der Waals surface area (Å²) < 4.78 is 5.53. The third-order valence-electron chi connectivity index (χ3n) is 2.22. The molecule has 2 rings (SSSR count). The Morgan fingerprint density at radius 3 is 2.80 bits per heavy atom.